The molecule has 1 aromatic carbocycles. The van der Waals surface area contributed by atoms with Gasteiger partial charge in [-0.1, -0.05) is 100 Å². The van der Waals surface area contributed by atoms with Gasteiger partial charge in [-0.3, -0.25) is 9.59 Å². The molecular weight excluding hydrogens is 394 g/mol. The smallest absolute Gasteiger partial charge is 0.222 e. The number of Topliss-reactive ketones (excluding diaryl/α,β-unsaturated/α-hetero) is 1. The van der Waals surface area contributed by atoms with Gasteiger partial charge in [-0.15, -0.1) is 0 Å². The van der Waals surface area contributed by atoms with Crippen molar-refractivity contribution in [2.75, 3.05) is 0 Å². The molecule has 32 heavy (non-hydrogen) atoms. The van der Waals surface area contributed by atoms with Gasteiger partial charge in [-0.05, 0) is 48.6 Å². The van der Waals surface area contributed by atoms with E-state index in [0.29, 0.717) is 12.2 Å². The maximum absolute atomic E-state index is 12.3. The average molecular weight is 446 g/mol. The van der Waals surface area contributed by atoms with Crippen LogP contribution in [0.2, 0.25) is 0 Å². The molecule has 1 rings (SSSR count). The van der Waals surface area contributed by atoms with Gasteiger partial charge in [0.05, 0.1) is 0 Å². The van der Waals surface area contributed by atoms with Crippen LogP contribution in [-0.2, 0) is 20.4 Å². The molecule has 1 amide bonds. The van der Waals surface area contributed by atoms with Gasteiger partial charge >= 0.3 is 0 Å². The number of ketones is 1. The number of hydrogen-bond donors (Lipinski definition) is 1. The van der Waals surface area contributed by atoms with Crippen LogP contribution in [0.3, 0.4) is 0 Å². The largest absolute Gasteiger partial charge is 0.351 e. The van der Waals surface area contributed by atoms with Gasteiger partial charge in [0.15, 0.2) is 0 Å². The van der Waals surface area contributed by atoms with Crippen molar-refractivity contribution in [2.45, 2.75) is 126 Å². The molecule has 1 aromatic rings. The highest BCUT2D eigenvalue weighted by atomic mass is 16.2. The molecule has 0 aliphatic heterocycles. The predicted molar refractivity (Wildman–Crippen MR) is 139 cm³/mol. The molecule has 0 unspecified atom stereocenters. The van der Waals surface area contributed by atoms with Crippen LogP contribution in [0.5, 0.6) is 0 Å². The fourth-order valence-electron chi connectivity index (χ4n) is 4.89. The van der Waals surface area contributed by atoms with E-state index >= 15 is 0 Å². The number of benzene rings is 1. The van der Waals surface area contributed by atoms with Crippen LogP contribution in [0.15, 0.2) is 24.3 Å². The van der Waals surface area contributed by atoms with Crippen molar-refractivity contribution in [2.24, 2.45) is 11.3 Å². The minimum absolute atomic E-state index is 0.0160. The summed E-state index contributed by atoms with van der Waals surface area (Å²) in [6.45, 7) is 27.0. The number of carbonyl (C=O) groups is 2. The van der Waals surface area contributed by atoms with Crippen molar-refractivity contribution >= 4 is 11.7 Å². The number of rotatable bonds is 10. The number of nitrogens with one attached hydrogen (secondary N) is 1. The van der Waals surface area contributed by atoms with Crippen molar-refractivity contribution in [1.29, 1.82) is 0 Å². The Kier molecular flexibility index (Phi) is 10.9. The summed E-state index contributed by atoms with van der Waals surface area (Å²) < 4.78 is 0. The lowest BCUT2D eigenvalue weighted by Crippen LogP contribution is -2.48. The first kappa shape index (κ1) is 30.4. The second-order valence-electron chi connectivity index (χ2n) is 11.9. The van der Waals surface area contributed by atoms with E-state index in [2.05, 4.69) is 85.0 Å². The standard InChI is InChI=1S/C27H45NO2.C2H6/c1-12-22(29)26(8,9)17-24(4,5)20-13-15-21(16-14-20)25(6,7)18-27(10,11)28-23(30)19(2)3;1-2/h13-16,19H,12,17-18H2,1-11H3,(H,28,30);1-2H3. The van der Waals surface area contributed by atoms with Crippen LogP contribution < -0.4 is 5.32 Å². The topological polar surface area (TPSA) is 46.2 Å². The van der Waals surface area contributed by atoms with Gasteiger partial charge in [0.25, 0.3) is 0 Å². The lowest BCUT2D eigenvalue weighted by molar-refractivity contribution is -0.128. The summed E-state index contributed by atoms with van der Waals surface area (Å²) in [5.41, 5.74) is 1.75. The van der Waals surface area contributed by atoms with E-state index < -0.39 is 0 Å². The van der Waals surface area contributed by atoms with Crippen molar-refractivity contribution in [3.8, 4) is 0 Å². The third-order valence-electron chi connectivity index (χ3n) is 6.28. The molecule has 0 spiro atoms. The molecule has 0 fully saturated rings. The molecule has 0 radical (unpaired) electrons. The fraction of sp³-hybridized carbons (Fsp3) is 0.724. The first-order valence-corrected chi connectivity index (χ1v) is 12.4. The summed E-state index contributed by atoms with van der Waals surface area (Å²) in [4.78, 5) is 24.5. The molecule has 0 bridgehead atoms. The molecule has 0 heterocycles. The molecule has 0 aromatic heterocycles. The molecule has 3 heteroatoms. The lowest BCUT2D eigenvalue weighted by atomic mass is 9.68. The summed E-state index contributed by atoms with van der Waals surface area (Å²) in [5.74, 6) is 0.397. The lowest BCUT2D eigenvalue weighted by Gasteiger charge is -2.37. The monoisotopic (exact) mass is 445 g/mol. The summed E-state index contributed by atoms with van der Waals surface area (Å²) in [6.07, 6.45) is 2.25. The number of carbonyl (C=O) groups excluding carboxylic acids is 2. The maximum atomic E-state index is 12.3. The third kappa shape index (κ3) is 8.71. The van der Waals surface area contributed by atoms with Crippen LogP contribution in [0.1, 0.15) is 120 Å². The summed E-state index contributed by atoms with van der Waals surface area (Å²) in [5, 5.41) is 3.19. The quantitative estimate of drug-likeness (QED) is 0.403. The van der Waals surface area contributed by atoms with Crippen LogP contribution in [0.4, 0.5) is 0 Å². The van der Waals surface area contributed by atoms with Gasteiger partial charge in [0, 0.05) is 23.3 Å². The van der Waals surface area contributed by atoms with E-state index in [1.165, 1.54) is 11.1 Å². The Morgan fingerprint density at radius 1 is 0.781 bits per heavy atom. The van der Waals surface area contributed by atoms with Gasteiger partial charge in [0.2, 0.25) is 5.91 Å². The van der Waals surface area contributed by atoms with E-state index in [0.717, 1.165) is 12.8 Å². The molecule has 0 aliphatic carbocycles. The normalized spacial score (nSPS) is 12.8. The van der Waals surface area contributed by atoms with Crippen molar-refractivity contribution < 1.29 is 9.59 Å². The first-order valence-electron chi connectivity index (χ1n) is 12.4. The second-order valence-corrected chi connectivity index (χ2v) is 11.9. The number of hydrogen-bond acceptors (Lipinski definition) is 2. The molecule has 1 N–H and O–H groups in total. The minimum Gasteiger partial charge on any atom is -0.351 e. The molecule has 184 valence electrons. The zero-order valence-electron chi connectivity index (χ0n) is 23.3. The molecule has 0 saturated carbocycles. The highest BCUT2D eigenvalue weighted by molar-refractivity contribution is 5.83. The van der Waals surface area contributed by atoms with Crippen molar-refractivity contribution in [3.05, 3.63) is 35.4 Å². The van der Waals surface area contributed by atoms with E-state index in [1.807, 2.05) is 34.6 Å². The van der Waals surface area contributed by atoms with E-state index in [1.54, 1.807) is 0 Å². The highest BCUT2D eigenvalue weighted by Gasteiger charge is 2.35. The van der Waals surface area contributed by atoms with Crippen LogP contribution in [-0.4, -0.2) is 17.2 Å². The predicted octanol–water partition coefficient (Wildman–Crippen LogP) is 7.60. The first-order chi connectivity index (χ1) is 14.4. The van der Waals surface area contributed by atoms with Crippen molar-refractivity contribution in [3.63, 3.8) is 0 Å². The molecule has 3 nitrogen and oxygen atoms in total. The Morgan fingerprint density at radius 2 is 1.16 bits per heavy atom. The average Bonchev–Trinajstić information content (AvgIpc) is 2.66. The van der Waals surface area contributed by atoms with Crippen LogP contribution in [0.25, 0.3) is 0 Å². The fourth-order valence-corrected chi connectivity index (χ4v) is 4.89. The van der Waals surface area contributed by atoms with E-state index in [-0.39, 0.29) is 33.6 Å². The summed E-state index contributed by atoms with van der Waals surface area (Å²) in [6, 6.07) is 8.85. The Morgan fingerprint density at radius 3 is 1.50 bits per heavy atom. The molecular formula is C29H51NO2. The van der Waals surface area contributed by atoms with E-state index in [9.17, 15) is 9.59 Å². The second kappa shape index (κ2) is 11.5. The zero-order chi connectivity index (χ0) is 25.5. The van der Waals surface area contributed by atoms with E-state index in [4.69, 9.17) is 0 Å². The number of amides is 1. The van der Waals surface area contributed by atoms with Crippen molar-refractivity contribution in [1.82, 2.24) is 5.32 Å². The Bertz CT molecular complexity index is 737. The van der Waals surface area contributed by atoms with Gasteiger partial charge < -0.3 is 5.32 Å². The van der Waals surface area contributed by atoms with Crippen LogP contribution >= 0.6 is 0 Å². The highest BCUT2D eigenvalue weighted by Crippen LogP contribution is 2.39. The molecule has 0 aliphatic rings. The van der Waals surface area contributed by atoms with Gasteiger partial charge in [-0.25, -0.2) is 0 Å². The van der Waals surface area contributed by atoms with Gasteiger partial charge in [-0.2, -0.15) is 0 Å². The Hall–Kier alpha value is -1.64. The minimum atomic E-state index is -0.325. The summed E-state index contributed by atoms with van der Waals surface area (Å²) >= 11 is 0. The zero-order valence-corrected chi connectivity index (χ0v) is 23.3. The SMILES string of the molecule is CC.CCC(=O)C(C)(C)CC(C)(C)c1ccc(C(C)(C)CC(C)(C)NC(=O)C(C)C)cc1. The Labute approximate surface area is 199 Å². The third-order valence-corrected chi connectivity index (χ3v) is 6.28. The van der Waals surface area contributed by atoms with Gasteiger partial charge in [0.1, 0.15) is 5.78 Å². The van der Waals surface area contributed by atoms with Crippen LogP contribution in [0, 0.1) is 11.3 Å². The summed E-state index contributed by atoms with van der Waals surface area (Å²) in [7, 11) is 0. The Balaban J connectivity index is 0.00000466. The maximum Gasteiger partial charge on any atom is 0.222 e. The molecule has 0 saturated heterocycles. The molecule has 0 atom stereocenters.